The zero-order chi connectivity index (χ0) is 29.2. The number of nitriles is 1. The first-order valence-electron chi connectivity index (χ1n) is 13.4. The third-order valence-corrected chi connectivity index (χ3v) is 10.6. The van der Waals surface area contributed by atoms with Crippen LogP contribution in [-0.2, 0) is 19.6 Å². The molecule has 218 valence electrons. The van der Waals surface area contributed by atoms with E-state index in [0.717, 1.165) is 5.69 Å². The van der Waals surface area contributed by atoms with Crippen molar-refractivity contribution < 1.29 is 26.7 Å². The number of sulfonamides is 1. The van der Waals surface area contributed by atoms with Gasteiger partial charge in [-0.3, -0.25) is 9.36 Å². The van der Waals surface area contributed by atoms with Crippen LogP contribution in [0.3, 0.4) is 0 Å². The summed E-state index contributed by atoms with van der Waals surface area (Å²) in [5.41, 5.74) is 0.379. The van der Waals surface area contributed by atoms with Crippen molar-refractivity contribution in [1.29, 1.82) is 5.26 Å². The molecule has 42 heavy (non-hydrogen) atoms. The van der Waals surface area contributed by atoms with Gasteiger partial charge in [-0.05, 0) is 37.8 Å². The Labute approximate surface area is 242 Å². The Balaban J connectivity index is 1.33. The Bertz CT molecular complexity index is 1870. The maximum atomic E-state index is 13.5. The summed E-state index contributed by atoms with van der Waals surface area (Å²) >= 11 is 0.688. The first kappa shape index (κ1) is 27.2. The Morgan fingerprint density at radius 2 is 1.95 bits per heavy atom. The monoisotopic (exact) mass is 614 g/mol. The molecule has 3 fully saturated rings. The second-order valence-electron chi connectivity index (χ2n) is 10.8. The predicted molar refractivity (Wildman–Crippen MR) is 146 cm³/mol. The van der Waals surface area contributed by atoms with E-state index >= 15 is 0 Å². The number of nitrogens with zero attached hydrogens (tertiary/aromatic N) is 7. The van der Waals surface area contributed by atoms with Crippen molar-refractivity contribution in [1.82, 2.24) is 34.4 Å². The maximum absolute atomic E-state index is 13.5. The van der Waals surface area contributed by atoms with Gasteiger partial charge in [-0.15, -0.1) is 10.2 Å². The van der Waals surface area contributed by atoms with Crippen LogP contribution in [-0.4, -0.2) is 75.8 Å². The number of carbonyl (C=O) groups is 1. The quantitative estimate of drug-likeness (QED) is 0.331. The summed E-state index contributed by atoms with van der Waals surface area (Å²) in [4.78, 5) is 23.6. The van der Waals surface area contributed by atoms with Gasteiger partial charge in [-0.2, -0.15) is 9.98 Å². The lowest BCUT2D eigenvalue weighted by Gasteiger charge is -2.36. The minimum Gasteiger partial charge on any atom is -0.380 e. The summed E-state index contributed by atoms with van der Waals surface area (Å²) in [6.07, 6.45) is 0.746. The van der Waals surface area contributed by atoms with E-state index in [1.54, 1.807) is 6.07 Å². The van der Waals surface area contributed by atoms with Crippen molar-refractivity contribution in [3.05, 3.63) is 35.2 Å². The Morgan fingerprint density at radius 1 is 1.19 bits per heavy atom. The van der Waals surface area contributed by atoms with Gasteiger partial charge in [-0.25, -0.2) is 27.2 Å². The fourth-order valence-corrected chi connectivity index (χ4v) is 7.71. The van der Waals surface area contributed by atoms with Gasteiger partial charge in [0, 0.05) is 29.8 Å². The van der Waals surface area contributed by atoms with Crippen LogP contribution in [0.25, 0.3) is 27.1 Å². The van der Waals surface area contributed by atoms with Crippen LogP contribution in [0, 0.1) is 17.2 Å². The highest BCUT2D eigenvalue weighted by Gasteiger charge is 2.47. The molecular formula is C26H24F2N8O4S2. The maximum Gasteiger partial charge on any atom is 0.291 e. The van der Waals surface area contributed by atoms with E-state index in [9.17, 15) is 27.3 Å². The molecular weight excluding hydrogens is 590 g/mol. The van der Waals surface area contributed by atoms with Gasteiger partial charge in [0.1, 0.15) is 11.9 Å². The molecule has 2 saturated heterocycles. The van der Waals surface area contributed by atoms with E-state index in [4.69, 9.17) is 4.74 Å². The summed E-state index contributed by atoms with van der Waals surface area (Å²) in [6.45, 7) is 2.03. The molecule has 4 aromatic rings. The lowest BCUT2D eigenvalue weighted by atomic mass is 9.90. The molecule has 3 aliphatic rings. The number of hydrogen-bond acceptors (Lipinski definition) is 10. The van der Waals surface area contributed by atoms with E-state index < -0.39 is 27.0 Å². The van der Waals surface area contributed by atoms with Gasteiger partial charge in [0.05, 0.1) is 41.3 Å². The predicted octanol–water partition coefficient (Wildman–Crippen LogP) is 3.05. The molecule has 1 aliphatic carbocycles. The van der Waals surface area contributed by atoms with E-state index in [1.807, 2.05) is 11.0 Å². The first-order chi connectivity index (χ1) is 20.2. The molecule has 3 aromatic heterocycles. The number of rotatable bonds is 7. The molecule has 0 atom stereocenters. The molecule has 1 saturated carbocycles. The molecule has 1 aromatic carbocycles. The smallest absolute Gasteiger partial charge is 0.291 e. The largest absolute Gasteiger partial charge is 0.380 e. The molecule has 0 bridgehead atoms. The van der Waals surface area contributed by atoms with Crippen molar-refractivity contribution in [2.24, 2.45) is 5.92 Å². The van der Waals surface area contributed by atoms with Gasteiger partial charge in [0.25, 0.3) is 6.43 Å². The topological polar surface area (TPSA) is 156 Å². The number of aromatic nitrogens is 5. The lowest BCUT2D eigenvalue weighted by Crippen LogP contribution is -2.47. The third-order valence-electron chi connectivity index (χ3n) is 8.14. The van der Waals surface area contributed by atoms with E-state index in [1.165, 1.54) is 23.0 Å². The number of nitrogens with one attached hydrogen (secondary N) is 1. The average Bonchev–Trinajstić information content (AvgIpc) is 3.39. The number of benzene rings is 1. The zero-order valence-corrected chi connectivity index (χ0v) is 23.7. The van der Waals surface area contributed by atoms with E-state index in [0.29, 0.717) is 85.3 Å². The third kappa shape index (κ3) is 4.51. The van der Waals surface area contributed by atoms with Gasteiger partial charge in [0.15, 0.2) is 10.7 Å². The van der Waals surface area contributed by atoms with Crippen molar-refractivity contribution >= 4 is 49.2 Å². The summed E-state index contributed by atoms with van der Waals surface area (Å²) < 4.78 is 62.6. The number of alkyl halides is 2. The Hall–Kier alpha value is -3.65. The number of ether oxygens (including phenoxy) is 1. The van der Waals surface area contributed by atoms with Crippen molar-refractivity contribution in [3.63, 3.8) is 0 Å². The lowest BCUT2D eigenvalue weighted by molar-refractivity contribution is -0.150. The molecule has 0 spiro atoms. The van der Waals surface area contributed by atoms with Gasteiger partial charge in [-0.1, -0.05) is 17.4 Å². The highest BCUT2D eigenvalue weighted by atomic mass is 32.2. The number of amides is 1. The standard InChI is InChI=1S/C26H24F2N8O4S2/c27-21(28)23-32-33-25(41-23)36-18-9-16(42(38,39)34-26(12-29)5-6-26)1-2-17(18)19-20(30-13-31-22(19)36)14-3-7-35(8-4-14)24(37)15-10-40-11-15/h1-2,9,13-15,21,34H,3-8,10-11H2. The van der Waals surface area contributed by atoms with Crippen molar-refractivity contribution in [3.8, 4) is 11.2 Å². The zero-order valence-electron chi connectivity index (χ0n) is 22.0. The van der Waals surface area contributed by atoms with Crippen LogP contribution in [0.5, 0.6) is 0 Å². The van der Waals surface area contributed by atoms with Crippen molar-refractivity contribution in [2.75, 3.05) is 26.3 Å². The molecule has 1 amide bonds. The van der Waals surface area contributed by atoms with E-state index in [-0.39, 0.29) is 27.8 Å². The van der Waals surface area contributed by atoms with E-state index in [2.05, 4.69) is 24.9 Å². The summed E-state index contributed by atoms with van der Waals surface area (Å²) in [5, 5.41) is 17.9. The summed E-state index contributed by atoms with van der Waals surface area (Å²) in [5.74, 6) is -0.00193. The molecule has 2 aliphatic heterocycles. The second kappa shape index (κ2) is 9.97. The molecule has 0 unspecified atom stereocenters. The van der Waals surface area contributed by atoms with Crippen LogP contribution in [0.1, 0.15) is 48.7 Å². The molecule has 1 N–H and O–H groups in total. The van der Waals surface area contributed by atoms with Gasteiger partial charge in [0.2, 0.25) is 21.1 Å². The number of carbonyl (C=O) groups excluding carboxylic acids is 1. The highest BCUT2D eigenvalue weighted by Crippen LogP contribution is 2.41. The Morgan fingerprint density at radius 3 is 2.57 bits per heavy atom. The highest BCUT2D eigenvalue weighted by molar-refractivity contribution is 7.89. The number of halogens is 2. The molecule has 16 heteroatoms. The first-order valence-corrected chi connectivity index (χ1v) is 15.7. The fraction of sp³-hybridized carbons (Fsp3) is 0.462. The number of hydrogen-bond donors (Lipinski definition) is 1. The fourth-order valence-electron chi connectivity index (χ4n) is 5.60. The van der Waals surface area contributed by atoms with Crippen molar-refractivity contribution in [2.45, 2.75) is 48.5 Å². The molecule has 7 rings (SSSR count). The number of piperidine rings is 1. The molecule has 12 nitrogen and oxygen atoms in total. The van der Waals surface area contributed by atoms with Crippen LogP contribution < -0.4 is 4.72 Å². The Kier molecular flexibility index (Phi) is 6.46. The minimum absolute atomic E-state index is 0.0160. The second-order valence-corrected chi connectivity index (χ2v) is 13.5. The SMILES string of the molecule is N#CC1(NS(=O)(=O)c2ccc3c4c(C5CCN(C(=O)C6COC6)CC5)ncnc4n(-c4nnc(C(F)F)s4)c3c2)CC1. The van der Waals surface area contributed by atoms with Gasteiger partial charge >= 0.3 is 0 Å². The normalized spacial score (nSPS) is 19.3. The van der Waals surface area contributed by atoms with Gasteiger partial charge < -0.3 is 9.64 Å². The molecule has 0 radical (unpaired) electrons. The number of likely N-dealkylation sites (tertiary alicyclic amines) is 1. The van der Waals surface area contributed by atoms with Crippen LogP contribution >= 0.6 is 11.3 Å². The summed E-state index contributed by atoms with van der Waals surface area (Å²) in [7, 11) is -4.07. The van der Waals surface area contributed by atoms with Crippen LogP contribution in [0.2, 0.25) is 0 Å². The number of fused-ring (bicyclic) bond motifs is 3. The average molecular weight is 615 g/mol. The summed E-state index contributed by atoms with van der Waals surface area (Å²) in [6, 6.07) is 6.55. The van der Waals surface area contributed by atoms with Crippen LogP contribution in [0.4, 0.5) is 8.78 Å². The minimum atomic E-state index is -4.07. The molecule has 5 heterocycles. The van der Waals surface area contributed by atoms with Crippen LogP contribution in [0.15, 0.2) is 29.4 Å².